The van der Waals surface area contributed by atoms with Crippen LogP contribution in [0.1, 0.15) is 49.8 Å². The van der Waals surface area contributed by atoms with E-state index in [4.69, 9.17) is 0 Å². The van der Waals surface area contributed by atoms with Crippen LogP contribution in [0.2, 0.25) is 0 Å². The lowest BCUT2D eigenvalue weighted by molar-refractivity contribution is -0.122. The number of piperidine rings is 1. The summed E-state index contributed by atoms with van der Waals surface area (Å²) in [5.41, 5.74) is 1.91. The minimum atomic E-state index is -0.121. The Kier molecular flexibility index (Phi) is 5.99. The maximum Gasteiger partial charge on any atom is 0.227 e. The Bertz CT molecular complexity index is 683. The molecule has 1 amide bonds. The van der Waals surface area contributed by atoms with Crippen molar-refractivity contribution >= 4 is 11.9 Å². The Morgan fingerprint density at radius 3 is 2.64 bits per heavy atom. The molecule has 0 saturated carbocycles. The van der Waals surface area contributed by atoms with Crippen LogP contribution in [0.5, 0.6) is 0 Å². The molecule has 1 unspecified atom stereocenters. The second-order valence-electron chi connectivity index (χ2n) is 6.49. The Balaban J connectivity index is 1.61. The van der Waals surface area contributed by atoms with Gasteiger partial charge in [-0.3, -0.25) is 4.79 Å². The van der Waals surface area contributed by atoms with E-state index < -0.39 is 0 Å². The van der Waals surface area contributed by atoms with Gasteiger partial charge in [-0.25, -0.2) is 9.97 Å². The van der Waals surface area contributed by atoms with Crippen molar-refractivity contribution < 1.29 is 4.79 Å². The van der Waals surface area contributed by atoms with Crippen LogP contribution in [0.25, 0.3) is 0 Å². The highest BCUT2D eigenvalue weighted by Gasteiger charge is 2.18. The zero-order chi connectivity index (χ0) is 17.5. The van der Waals surface area contributed by atoms with E-state index in [9.17, 15) is 4.79 Å². The Morgan fingerprint density at radius 1 is 1.16 bits per heavy atom. The average Bonchev–Trinajstić information content (AvgIpc) is 2.69. The predicted octanol–water partition coefficient (Wildman–Crippen LogP) is 3.28. The minimum Gasteiger partial charge on any atom is -0.350 e. The largest absolute Gasteiger partial charge is 0.350 e. The van der Waals surface area contributed by atoms with Crippen molar-refractivity contribution in [3.63, 3.8) is 0 Å². The third-order valence-corrected chi connectivity index (χ3v) is 4.71. The standard InChI is InChI=1S/C20H26N4O/c1-2-18(16-9-5-3-6-10-16)19(25)22-15-17-11-12-21-20(23-17)24-13-7-4-8-14-24/h3,5-6,9-12,18H,2,4,7-8,13-15H2,1H3,(H,22,25). The molecule has 1 N–H and O–H groups in total. The summed E-state index contributed by atoms with van der Waals surface area (Å²) in [5, 5.41) is 3.03. The first kappa shape index (κ1) is 17.4. The number of nitrogens with zero attached hydrogens (tertiary/aromatic N) is 3. The zero-order valence-electron chi connectivity index (χ0n) is 14.8. The summed E-state index contributed by atoms with van der Waals surface area (Å²) in [4.78, 5) is 23.8. The van der Waals surface area contributed by atoms with Crippen molar-refractivity contribution in [2.75, 3.05) is 18.0 Å². The molecule has 2 aromatic rings. The SMILES string of the molecule is CCC(C(=O)NCc1ccnc(N2CCCCC2)n1)c1ccccc1. The maximum atomic E-state index is 12.6. The Hall–Kier alpha value is -2.43. The van der Waals surface area contributed by atoms with Gasteiger partial charge in [0.2, 0.25) is 11.9 Å². The third-order valence-electron chi connectivity index (χ3n) is 4.71. The van der Waals surface area contributed by atoms with Gasteiger partial charge in [0.15, 0.2) is 0 Å². The molecule has 0 radical (unpaired) electrons. The quantitative estimate of drug-likeness (QED) is 0.878. The minimum absolute atomic E-state index is 0.0480. The van der Waals surface area contributed by atoms with Crippen LogP contribution in [0, 0.1) is 0 Å². The highest BCUT2D eigenvalue weighted by atomic mass is 16.1. The first-order valence-corrected chi connectivity index (χ1v) is 9.17. The Morgan fingerprint density at radius 2 is 1.92 bits per heavy atom. The molecule has 2 heterocycles. The highest BCUT2D eigenvalue weighted by Crippen LogP contribution is 2.19. The van der Waals surface area contributed by atoms with Crippen molar-refractivity contribution in [1.82, 2.24) is 15.3 Å². The second-order valence-corrected chi connectivity index (χ2v) is 6.49. The number of benzene rings is 1. The second kappa shape index (κ2) is 8.60. The van der Waals surface area contributed by atoms with Crippen molar-refractivity contribution in [3.05, 3.63) is 53.9 Å². The molecule has 1 atom stereocenters. The summed E-state index contributed by atoms with van der Waals surface area (Å²) in [6.45, 7) is 4.51. The van der Waals surface area contributed by atoms with E-state index >= 15 is 0 Å². The van der Waals surface area contributed by atoms with E-state index in [0.717, 1.165) is 36.7 Å². The maximum absolute atomic E-state index is 12.6. The summed E-state index contributed by atoms with van der Waals surface area (Å²) < 4.78 is 0. The molecule has 5 nitrogen and oxygen atoms in total. The van der Waals surface area contributed by atoms with E-state index in [2.05, 4.69) is 20.2 Å². The number of hydrogen-bond donors (Lipinski definition) is 1. The average molecular weight is 338 g/mol. The van der Waals surface area contributed by atoms with Crippen molar-refractivity contribution in [2.45, 2.75) is 45.1 Å². The number of aromatic nitrogens is 2. The number of rotatable bonds is 6. The molecule has 132 valence electrons. The fourth-order valence-electron chi connectivity index (χ4n) is 3.29. The summed E-state index contributed by atoms with van der Waals surface area (Å²) in [7, 11) is 0. The van der Waals surface area contributed by atoms with Gasteiger partial charge in [0.05, 0.1) is 18.2 Å². The molecule has 1 aliphatic heterocycles. The van der Waals surface area contributed by atoms with Gasteiger partial charge in [-0.1, -0.05) is 37.3 Å². The first-order chi connectivity index (χ1) is 12.3. The first-order valence-electron chi connectivity index (χ1n) is 9.17. The molecule has 3 rings (SSSR count). The molecule has 1 aliphatic rings. The van der Waals surface area contributed by atoms with Gasteiger partial charge < -0.3 is 10.2 Å². The van der Waals surface area contributed by atoms with E-state index in [0.29, 0.717) is 6.54 Å². The van der Waals surface area contributed by atoms with E-state index in [1.54, 1.807) is 6.20 Å². The lowest BCUT2D eigenvalue weighted by Gasteiger charge is -2.26. The van der Waals surface area contributed by atoms with Crippen LogP contribution in [-0.2, 0) is 11.3 Å². The van der Waals surface area contributed by atoms with Gasteiger partial charge in [0, 0.05) is 19.3 Å². The molecular formula is C20H26N4O. The highest BCUT2D eigenvalue weighted by molar-refractivity contribution is 5.83. The van der Waals surface area contributed by atoms with Gasteiger partial charge in [-0.05, 0) is 37.3 Å². The lowest BCUT2D eigenvalue weighted by Crippen LogP contribution is -2.32. The summed E-state index contributed by atoms with van der Waals surface area (Å²) in [6.07, 6.45) is 6.23. The molecular weight excluding hydrogens is 312 g/mol. The fraction of sp³-hybridized carbons (Fsp3) is 0.450. The topological polar surface area (TPSA) is 58.1 Å². The molecule has 0 bridgehead atoms. The normalized spacial score (nSPS) is 15.6. The molecule has 1 aromatic heterocycles. The molecule has 0 spiro atoms. The smallest absolute Gasteiger partial charge is 0.227 e. The van der Waals surface area contributed by atoms with Crippen LogP contribution in [0.4, 0.5) is 5.95 Å². The molecule has 0 aliphatic carbocycles. The third kappa shape index (κ3) is 4.56. The number of carbonyl (C=O) groups is 1. The van der Waals surface area contributed by atoms with Crippen molar-refractivity contribution in [3.8, 4) is 0 Å². The summed E-state index contributed by atoms with van der Waals surface area (Å²) >= 11 is 0. The van der Waals surface area contributed by atoms with Crippen LogP contribution in [-0.4, -0.2) is 29.0 Å². The van der Waals surface area contributed by atoms with Crippen LogP contribution < -0.4 is 10.2 Å². The summed E-state index contributed by atoms with van der Waals surface area (Å²) in [5.74, 6) is 0.706. The van der Waals surface area contributed by atoms with Gasteiger partial charge in [-0.2, -0.15) is 0 Å². The summed E-state index contributed by atoms with van der Waals surface area (Å²) in [6, 6.07) is 11.8. The number of amides is 1. The molecule has 5 heteroatoms. The fourth-order valence-corrected chi connectivity index (χ4v) is 3.29. The van der Waals surface area contributed by atoms with Crippen molar-refractivity contribution in [1.29, 1.82) is 0 Å². The lowest BCUT2D eigenvalue weighted by atomic mass is 9.96. The van der Waals surface area contributed by atoms with Gasteiger partial charge in [-0.15, -0.1) is 0 Å². The molecule has 1 aromatic carbocycles. The zero-order valence-corrected chi connectivity index (χ0v) is 14.8. The van der Waals surface area contributed by atoms with Gasteiger partial charge in [0.25, 0.3) is 0 Å². The molecule has 1 fully saturated rings. The monoisotopic (exact) mass is 338 g/mol. The molecule has 1 saturated heterocycles. The molecule has 25 heavy (non-hydrogen) atoms. The van der Waals surface area contributed by atoms with Crippen molar-refractivity contribution in [2.24, 2.45) is 0 Å². The Labute approximate surface area is 149 Å². The van der Waals surface area contributed by atoms with E-state index in [1.165, 1.54) is 19.3 Å². The van der Waals surface area contributed by atoms with Gasteiger partial charge >= 0.3 is 0 Å². The van der Waals surface area contributed by atoms with Crippen LogP contribution in [0.3, 0.4) is 0 Å². The number of nitrogens with one attached hydrogen (secondary N) is 1. The van der Waals surface area contributed by atoms with Gasteiger partial charge in [0.1, 0.15) is 0 Å². The number of hydrogen-bond acceptors (Lipinski definition) is 4. The van der Waals surface area contributed by atoms with Crippen LogP contribution in [0.15, 0.2) is 42.6 Å². The predicted molar refractivity (Wildman–Crippen MR) is 99.4 cm³/mol. The van der Waals surface area contributed by atoms with Crippen LogP contribution >= 0.6 is 0 Å². The number of anilines is 1. The van der Waals surface area contributed by atoms with E-state index in [1.807, 2.05) is 43.3 Å². The number of carbonyl (C=O) groups excluding carboxylic acids is 1. The van der Waals surface area contributed by atoms with E-state index in [-0.39, 0.29) is 11.8 Å².